The van der Waals surface area contributed by atoms with Gasteiger partial charge in [-0.3, -0.25) is 4.79 Å². The number of benzene rings is 1. The Labute approximate surface area is 136 Å². The Morgan fingerprint density at radius 3 is 2.48 bits per heavy atom. The van der Waals surface area contributed by atoms with Crippen molar-refractivity contribution in [1.82, 2.24) is 0 Å². The second kappa shape index (κ2) is 5.52. The van der Waals surface area contributed by atoms with Crippen LogP contribution in [0.25, 0.3) is 6.08 Å². The van der Waals surface area contributed by atoms with Crippen molar-refractivity contribution in [1.29, 1.82) is 10.5 Å². The molecule has 4 rings (SSSR count). The van der Waals surface area contributed by atoms with Crippen molar-refractivity contribution in [3.8, 4) is 12.1 Å². The van der Waals surface area contributed by atoms with Crippen molar-refractivity contribution in [3.63, 3.8) is 0 Å². The van der Waals surface area contributed by atoms with Gasteiger partial charge in [0, 0.05) is 23.7 Å². The van der Waals surface area contributed by atoms with E-state index in [4.69, 9.17) is 0 Å². The lowest BCUT2D eigenvalue weighted by molar-refractivity contribution is -0.140. The van der Waals surface area contributed by atoms with Crippen LogP contribution in [0.5, 0.6) is 0 Å². The van der Waals surface area contributed by atoms with E-state index in [1.54, 1.807) is 6.08 Å². The Morgan fingerprint density at radius 1 is 1.22 bits per heavy atom. The topological polar surface area (TPSA) is 64.7 Å². The minimum atomic E-state index is -1.21. The van der Waals surface area contributed by atoms with E-state index < -0.39 is 10.8 Å². The van der Waals surface area contributed by atoms with Gasteiger partial charge in [0.15, 0.2) is 5.41 Å². The molecule has 3 fully saturated rings. The number of nitriles is 2. The van der Waals surface area contributed by atoms with Crippen LogP contribution in [0, 0.1) is 45.3 Å². The Kier molecular flexibility index (Phi) is 3.66. The first-order valence-electron chi connectivity index (χ1n) is 7.84. The van der Waals surface area contributed by atoms with Crippen LogP contribution in [0.3, 0.4) is 0 Å². The maximum absolute atomic E-state index is 12.5. The normalized spacial score (nSPS) is 31.5. The first-order chi connectivity index (χ1) is 11.1. The highest BCUT2D eigenvalue weighted by Crippen LogP contribution is 2.63. The van der Waals surface area contributed by atoms with Crippen molar-refractivity contribution in [2.75, 3.05) is 0 Å². The summed E-state index contributed by atoms with van der Waals surface area (Å²) in [5.74, 6) is -0.471. The number of carbonyl (C=O) groups excluding carboxylic acids is 1. The van der Waals surface area contributed by atoms with Crippen molar-refractivity contribution < 1.29 is 4.79 Å². The summed E-state index contributed by atoms with van der Waals surface area (Å²) in [6.45, 7) is 3.85. The molecule has 0 N–H and O–H groups in total. The molecule has 0 aromatic heterocycles. The molecule has 3 aliphatic carbocycles. The fourth-order valence-electron chi connectivity index (χ4n) is 4.24. The minimum absolute atomic E-state index is 0.153. The summed E-state index contributed by atoms with van der Waals surface area (Å²) in [4.78, 5) is 12.5. The van der Waals surface area contributed by atoms with Crippen LogP contribution in [0.15, 0.2) is 49.1 Å². The van der Waals surface area contributed by atoms with E-state index in [-0.39, 0.29) is 24.0 Å². The first kappa shape index (κ1) is 15.3. The Balaban J connectivity index is 2.08. The number of nitrogens with zero attached hydrogens (tertiary/aromatic N) is 2. The average molecular weight is 302 g/mol. The molecule has 114 valence electrons. The molecule has 2 bridgehead atoms. The van der Waals surface area contributed by atoms with Gasteiger partial charge in [-0.2, -0.15) is 10.5 Å². The quantitative estimate of drug-likeness (QED) is 0.795. The number of Topliss-reactive ketones (excluding diaryl/α,β-unsaturated/α-hetero) is 1. The molecule has 1 aromatic carbocycles. The zero-order chi connectivity index (χ0) is 16.5. The van der Waals surface area contributed by atoms with Gasteiger partial charge in [-0.15, -0.1) is 6.58 Å². The molecule has 3 nitrogen and oxygen atoms in total. The molecule has 0 heterocycles. The lowest BCUT2D eigenvalue weighted by atomic mass is 9.43. The zero-order valence-electron chi connectivity index (χ0n) is 12.9. The molecule has 1 aromatic rings. The average Bonchev–Trinajstić information content (AvgIpc) is 2.60. The van der Waals surface area contributed by atoms with Crippen LogP contribution in [0.1, 0.15) is 24.8 Å². The molecule has 0 aliphatic heterocycles. The third kappa shape index (κ3) is 2.05. The van der Waals surface area contributed by atoms with E-state index in [1.165, 1.54) is 0 Å². The van der Waals surface area contributed by atoms with Gasteiger partial charge in [-0.25, -0.2) is 0 Å². The lowest BCUT2D eigenvalue weighted by Gasteiger charge is -2.55. The summed E-state index contributed by atoms with van der Waals surface area (Å²) in [5.41, 5.74) is -0.941. The molecule has 3 saturated carbocycles. The van der Waals surface area contributed by atoms with E-state index in [0.29, 0.717) is 6.42 Å². The third-order valence-electron chi connectivity index (χ3n) is 5.56. The highest BCUT2D eigenvalue weighted by Gasteiger charge is 2.65. The second-order valence-corrected chi connectivity index (χ2v) is 6.48. The number of fused-ring (bicyclic) bond motifs is 3. The number of hydrogen-bond donors (Lipinski definition) is 0. The van der Waals surface area contributed by atoms with Crippen LogP contribution in [-0.2, 0) is 4.79 Å². The monoisotopic (exact) mass is 302 g/mol. The van der Waals surface area contributed by atoms with Crippen LogP contribution in [0.2, 0.25) is 0 Å². The molecular formula is C20H18N2O. The van der Waals surface area contributed by atoms with Gasteiger partial charge in [-0.05, 0) is 18.4 Å². The van der Waals surface area contributed by atoms with Gasteiger partial charge in [0.05, 0.1) is 12.1 Å². The molecule has 23 heavy (non-hydrogen) atoms. The first-order valence-corrected chi connectivity index (χ1v) is 7.84. The van der Waals surface area contributed by atoms with Crippen LogP contribution >= 0.6 is 0 Å². The van der Waals surface area contributed by atoms with E-state index >= 15 is 0 Å². The fourth-order valence-corrected chi connectivity index (χ4v) is 4.24. The molecule has 3 atom stereocenters. The van der Waals surface area contributed by atoms with E-state index in [2.05, 4.69) is 18.7 Å². The summed E-state index contributed by atoms with van der Waals surface area (Å²) in [5, 5.41) is 19.7. The minimum Gasteiger partial charge on any atom is -0.299 e. The molecule has 3 heteroatoms. The van der Waals surface area contributed by atoms with Crippen LogP contribution < -0.4 is 0 Å². The highest BCUT2D eigenvalue weighted by atomic mass is 16.1. The fraction of sp³-hybridized carbons (Fsp3) is 0.350. The van der Waals surface area contributed by atoms with E-state index in [0.717, 1.165) is 12.0 Å². The molecule has 3 aliphatic rings. The highest BCUT2D eigenvalue weighted by molar-refractivity contribution is 5.86. The molecular weight excluding hydrogens is 284 g/mol. The number of ketones is 1. The number of hydrogen-bond acceptors (Lipinski definition) is 3. The molecule has 0 saturated heterocycles. The summed E-state index contributed by atoms with van der Waals surface area (Å²) < 4.78 is 0. The molecule has 1 unspecified atom stereocenters. The van der Waals surface area contributed by atoms with Crippen LogP contribution in [0.4, 0.5) is 0 Å². The number of carbonyl (C=O) groups is 1. The number of rotatable bonds is 3. The van der Waals surface area contributed by atoms with Gasteiger partial charge in [0.2, 0.25) is 0 Å². The molecule has 0 amide bonds. The Morgan fingerprint density at radius 2 is 1.91 bits per heavy atom. The summed E-state index contributed by atoms with van der Waals surface area (Å²) in [7, 11) is 0. The maximum atomic E-state index is 12.5. The predicted molar refractivity (Wildman–Crippen MR) is 87.6 cm³/mol. The van der Waals surface area contributed by atoms with Gasteiger partial charge in [-0.1, -0.05) is 48.6 Å². The van der Waals surface area contributed by atoms with Crippen molar-refractivity contribution in [2.24, 2.45) is 22.7 Å². The number of allylic oxidation sites excluding steroid dienone is 2. The lowest BCUT2D eigenvalue weighted by Crippen LogP contribution is -2.58. The standard InChI is InChI=1S/C20H18N2O/c1-2-19-11-10-16(18(23)12-19)17(20(19,13-21)14-22)9-8-15-6-4-3-5-7-15/h2-9,16-17H,1,10-12H2/b9-8+/t16?,17-,19+/m0/s1. The largest absolute Gasteiger partial charge is 0.299 e. The van der Waals surface area contributed by atoms with Crippen molar-refractivity contribution in [2.45, 2.75) is 19.3 Å². The Hall–Kier alpha value is -2.65. The van der Waals surface area contributed by atoms with Gasteiger partial charge in [0.1, 0.15) is 5.78 Å². The third-order valence-corrected chi connectivity index (χ3v) is 5.56. The van der Waals surface area contributed by atoms with Gasteiger partial charge >= 0.3 is 0 Å². The van der Waals surface area contributed by atoms with Crippen LogP contribution in [-0.4, -0.2) is 5.78 Å². The Bertz CT molecular complexity index is 736. The molecule has 0 radical (unpaired) electrons. The maximum Gasteiger partial charge on any atom is 0.160 e. The summed E-state index contributed by atoms with van der Waals surface area (Å²) >= 11 is 0. The van der Waals surface area contributed by atoms with E-state index in [9.17, 15) is 15.3 Å². The van der Waals surface area contributed by atoms with Crippen molar-refractivity contribution >= 4 is 11.9 Å². The van der Waals surface area contributed by atoms with Gasteiger partial charge in [0.25, 0.3) is 0 Å². The second-order valence-electron chi connectivity index (χ2n) is 6.48. The smallest absolute Gasteiger partial charge is 0.160 e. The summed E-state index contributed by atoms with van der Waals surface area (Å²) in [6, 6.07) is 14.3. The van der Waals surface area contributed by atoms with Crippen molar-refractivity contribution in [3.05, 3.63) is 54.6 Å². The van der Waals surface area contributed by atoms with Gasteiger partial charge < -0.3 is 0 Å². The predicted octanol–water partition coefficient (Wildman–Crippen LogP) is 3.90. The summed E-state index contributed by atoms with van der Waals surface area (Å²) in [6.07, 6.45) is 7.15. The SMILES string of the molecule is C=C[C@@]12CCC(C(=O)C1)[C@H](/C=C/c1ccccc1)C2(C#N)C#N. The zero-order valence-corrected chi connectivity index (χ0v) is 12.9. The molecule has 0 spiro atoms. The van der Waals surface area contributed by atoms with E-state index in [1.807, 2.05) is 42.5 Å².